The van der Waals surface area contributed by atoms with Crippen molar-refractivity contribution in [3.05, 3.63) is 35.7 Å². The van der Waals surface area contributed by atoms with E-state index in [-0.39, 0.29) is 17.6 Å². The molecule has 2 aromatic rings. The van der Waals surface area contributed by atoms with Gasteiger partial charge in [-0.2, -0.15) is 22.5 Å². The zero-order valence-electron chi connectivity index (χ0n) is 12.0. The number of piperidine rings is 1. The number of ether oxygens (including phenoxy) is 1. The Labute approximate surface area is 141 Å². The molecule has 126 valence electrons. The molecule has 0 amide bonds. The normalized spacial score (nSPS) is 16.0. The van der Waals surface area contributed by atoms with Gasteiger partial charge in [0, 0.05) is 11.5 Å². The summed E-state index contributed by atoms with van der Waals surface area (Å²) in [5.41, 5.74) is 1.22. The quantitative estimate of drug-likeness (QED) is 0.883. The highest BCUT2D eigenvalue weighted by Crippen LogP contribution is 2.32. The van der Waals surface area contributed by atoms with E-state index in [4.69, 9.17) is 4.74 Å². The molecule has 1 fully saturated rings. The summed E-state index contributed by atoms with van der Waals surface area (Å²) in [6, 6.07) is 7.42. The summed E-state index contributed by atoms with van der Waals surface area (Å²) in [6.07, 6.45) is -2.37. The molecule has 0 aliphatic carbocycles. The van der Waals surface area contributed by atoms with Crippen LogP contribution in [0.3, 0.4) is 0 Å². The van der Waals surface area contributed by atoms with Crippen molar-refractivity contribution in [3.63, 3.8) is 0 Å². The van der Waals surface area contributed by atoms with Crippen LogP contribution in [0.4, 0.5) is 13.2 Å². The monoisotopic (exact) mass is 365 g/mol. The molecule has 0 unspecified atom stereocenters. The van der Waals surface area contributed by atoms with Crippen molar-refractivity contribution < 1.29 is 17.9 Å². The fourth-order valence-corrected chi connectivity index (χ4v) is 3.00. The van der Waals surface area contributed by atoms with E-state index in [1.54, 1.807) is 12.1 Å². The van der Waals surface area contributed by atoms with Crippen LogP contribution in [0.25, 0.3) is 0 Å². The lowest BCUT2D eigenvalue weighted by Gasteiger charge is -2.22. The third kappa shape index (κ3) is 4.55. The van der Waals surface area contributed by atoms with Gasteiger partial charge in [-0.25, -0.2) is 0 Å². The summed E-state index contributed by atoms with van der Waals surface area (Å²) < 4.78 is 45.8. The van der Waals surface area contributed by atoms with Gasteiger partial charge in [0.25, 0.3) is 11.0 Å². The summed E-state index contributed by atoms with van der Waals surface area (Å²) >= 11 is 0.592. The summed E-state index contributed by atoms with van der Waals surface area (Å²) in [5, 5.41) is 3.20. The van der Waals surface area contributed by atoms with Gasteiger partial charge < -0.3 is 10.1 Å². The van der Waals surface area contributed by atoms with E-state index in [1.165, 1.54) is 5.56 Å². The first-order valence-corrected chi connectivity index (χ1v) is 7.69. The van der Waals surface area contributed by atoms with Crippen molar-refractivity contribution in [2.24, 2.45) is 0 Å². The van der Waals surface area contributed by atoms with Gasteiger partial charge in [-0.05, 0) is 49.5 Å². The van der Waals surface area contributed by atoms with Crippen LogP contribution in [0.5, 0.6) is 10.9 Å². The number of rotatable bonds is 3. The first-order chi connectivity index (χ1) is 10.5. The van der Waals surface area contributed by atoms with Gasteiger partial charge in [-0.3, -0.25) is 0 Å². The SMILES string of the molecule is Cl.FC(F)(F)c1nsc(Oc2ccc(C3CCNCC3)cc2)n1. The first-order valence-electron chi connectivity index (χ1n) is 6.92. The van der Waals surface area contributed by atoms with Crippen LogP contribution in [-0.2, 0) is 6.18 Å². The van der Waals surface area contributed by atoms with Crippen molar-refractivity contribution in [1.82, 2.24) is 14.7 Å². The van der Waals surface area contributed by atoms with Crippen LogP contribution in [0.1, 0.15) is 30.1 Å². The number of hydrogen-bond acceptors (Lipinski definition) is 5. The molecule has 1 aromatic heterocycles. The number of halogens is 4. The van der Waals surface area contributed by atoms with Crippen LogP contribution in [-0.4, -0.2) is 22.4 Å². The molecule has 1 aliphatic heterocycles. The summed E-state index contributed by atoms with van der Waals surface area (Å²) in [5.74, 6) is -0.185. The maximum atomic E-state index is 12.4. The Kier molecular flexibility index (Phi) is 5.83. The smallest absolute Gasteiger partial charge is 0.430 e. The number of nitrogens with one attached hydrogen (secondary N) is 1. The van der Waals surface area contributed by atoms with Gasteiger partial charge >= 0.3 is 6.18 Å². The fraction of sp³-hybridized carbons (Fsp3) is 0.429. The Balaban J connectivity index is 0.00000192. The highest BCUT2D eigenvalue weighted by molar-refractivity contribution is 7.07. The van der Waals surface area contributed by atoms with Crippen molar-refractivity contribution in [2.45, 2.75) is 24.9 Å². The molecule has 0 bridgehead atoms. The molecule has 1 aliphatic rings. The predicted molar refractivity (Wildman–Crippen MR) is 83.5 cm³/mol. The Bertz CT molecular complexity index is 627. The number of nitrogens with zero attached hydrogens (tertiary/aromatic N) is 2. The second-order valence-electron chi connectivity index (χ2n) is 5.08. The lowest BCUT2D eigenvalue weighted by Crippen LogP contribution is -2.26. The molecule has 1 saturated heterocycles. The standard InChI is InChI=1S/C14H14F3N3OS.ClH/c15-14(16,17)12-19-13(22-20-12)21-11-3-1-9(2-4-11)10-5-7-18-8-6-10;/h1-4,10,18H,5-8H2;1H. The van der Waals surface area contributed by atoms with Gasteiger partial charge in [0.1, 0.15) is 5.75 Å². The van der Waals surface area contributed by atoms with E-state index in [9.17, 15) is 13.2 Å². The zero-order chi connectivity index (χ0) is 15.6. The number of hydrogen-bond donors (Lipinski definition) is 1. The van der Waals surface area contributed by atoms with E-state index >= 15 is 0 Å². The lowest BCUT2D eigenvalue weighted by atomic mass is 9.90. The Morgan fingerprint density at radius 2 is 1.78 bits per heavy atom. The van der Waals surface area contributed by atoms with Gasteiger partial charge in [0.15, 0.2) is 0 Å². The van der Waals surface area contributed by atoms with Crippen LogP contribution in [0.15, 0.2) is 24.3 Å². The third-order valence-electron chi connectivity index (χ3n) is 3.56. The van der Waals surface area contributed by atoms with Crippen LogP contribution < -0.4 is 10.1 Å². The van der Waals surface area contributed by atoms with Crippen molar-refractivity contribution in [3.8, 4) is 10.9 Å². The number of alkyl halides is 3. The van der Waals surface area contributed by atoms with Gasteiger partial charge in [-0.1, -0.05) is 12.1 Å². The van der Waals surface area contributed by atoms with E-state index in [1.807, 2.05) is 12.1 Å². The highest BCUT2D eigenvalue weighted by atomic mass is 35.5. The maximum absolute atomic E-state index is 12.4. The largest absolute Gasteiger partial charge is 0.452 e. The lowest BCUT2D eigenvalue weighted by molar-refractivity contribution is -0.144. The molecule has 23 heavy (non-hydrogen) atoms. The van der Waals surface area contributed by atoms with E-state index in [2.05, 4.69) is 14.7 Å². The molecular weight excluding hydrogens is 351 g/mol. The Morgan fingerprint density at radius 1 is 1.13 bits per heavy atom. The number of aromatic nitrogens is 2. The molecule has 2 heterocycles. The zero-order valence-corrected chi connectivity index (χ0v) is 13.6. The first kappa shape index (κ1) is 18.0. The number of benzene rings is 1. The van der Waals surface area contributed by atoms with E-state index in [0.29, 0.717) is 23.2 Å². The van der Waals surface area contributed by atoms with E-state index in [0.717, 1.165) is 25.9 Å². The van der Waals surface area contributed by atoms with Gasteiger partial charge in [0.05, 0.1) is 0 Å². The Morgan fingerprint density at radius 3 is 2.35 bits per heavy atom. The molecule has 9 heteroatoms. The molecule has 0 spiro atoms. The molecular formula is C14H15ClF3N3OS. The second kappa shape index (κ2) is 7.46. The minimum Gasteiger partial charge on any atom is -0.430 e. The summed E-state index contributed by atoms with van der Waals surface area (Å²) in [6.45, 7) is 2.02. The van der Waals surface area contributed by atoms with Crippen LogP contribution >= 0.6 is 23.9 Å². The van der Waals surface area contributed by atoms with Crippen LogP contribution in [0.2, 0.25) is 0 Å². The van der Waals surface area contributed by atoms with Crippen molar-refractivity contribution in [2.75, 3.05) is 13.1 Å². The van der Waals surface area contributed by atoms with Gasteiger partial charge in [0.2, 0.25) is 0 Å². The predicted octanol–water partition coefficient (Wildman–Crippen LogP) is 4.24. The minimum atomic E-state index is -4.54. The van der Waals surface area contributed by atoms with E-state index < -0.39 is 12.0 Å². The van der Waals surface area contributed by atoms with Crippen molar-refractivity contribution >= 4 is 23.9 Å². The molecule has 0 atom stereocenters. The molecule has 0 saturated carbocycles. The van der Waals surface area contributed by atoms with Crippen molar-refractivity contribution in [1.29, 1.82) is 0 Å². The fourth-order valence-electron chi connectivity index (χ4n) is 2.43. The molecule has 1 aromatic carbocycles. The maximum Gasteiger partial charge on any atom is 0.452 e. The molecule has 3 rings (SSSR count). The molecule has 4 nitrogen and oxygen atoms in total. The van der Waals surface area contributed by atoms with Crippen LogP contribution in [0, 0.1) is 0 Å². The molecule has 1 N–H and O–H groups in total. The second-order valence-corrected chi connectivity index (χ2v) is 5.79. The summed E-state index contributed by atoms with van der Waals surface area (Å²) in [7, 11) is 0. The summed E-state index contributed by atoms with van der Waals surface area (Å²) in [4.78, 5) is 3.34. The highest BCUT2D eigenvalue weighted by Gasteiger charge is 2.36. The molecule has 0 radical (unpaired) electrons. The average Bonchev–Trinajstić information content (AvgIpc) is 2.98. The van der Waals surface area contributed by atoms with Gasteiger partial charge in [-0.15, -0.1) is 12.4 Å². The average molecular weight is 366 g/mol. The minimum absolute atomic E-state index is 0. The Hall–Kier alpha value is -1.38. The third-order valence-corrected chi connectivity index (χ3v) is 4.15. The topological polar surface area (TPSA) is 47.0 Å².